The van der Waals surface area contributed by atoms with E-state index >= 15 is 0 Å². The fourth-order valence-electron chi connectivity index (χ4n) is 3.21. The van der Waals surface area contributed by atoms with E-state index in [1.807, 2.05) is 48.6 Å². The van der Waals surface area contributed by atoms with Gasteiger partial charge in [0.15, 0.2) is 0 Å². The van der Waals surface area contributed by atoms with Gasteiger partial charge in [0.1, 0.15) is 0 Å². The fourth-order valence-corrected chi connectivity index (χ4v) is 3.21. The van der Waals surface area contributed by atoms with Crippen LogP contribution in [-0.2, 0) is 0 Å². The molecule has 4 nitrogen and oxygen atoms in total. The third kappa shape index (κ3) is 2.67. The molecule has 124 valence electrons. The van der Waals surface area contributed by atoms with Crippen LogP contribution >= 0.6 is 0 Å². The van der Waals surface area contributed by atoms with Gasteiger partial charge in [-0.25, -0.2) is 9.97 Å². The first-order valence-corrected chi connectivity index (χ1v) is 8.46. The van der Waals surface area contributed by atoms with Gasteiger partial charge in [-0.05, 0) is 72.3 Å². The van der Waals surface area contributed by atoms with E-state index in [0.29, 0.717) is 0 Å². The number of nitrogens with zero attached hydrogens (tertiary/aromatic N) is 2. The Kier molecular flexibility index (Phi) is 3.22. The van der Waals surface area contributed by atoms with Crippen LogP contribution in [0, 0.1) is 0 Å². The lowest BCUT2D eigenvalue weighted by molar-refractivity contribution is 1.28. The molecule has 0 fully saturated rings. The van der Waals surface area contributed by atoms with Gasteiger partial charge in [0.2, 0.25) is 0 Å². The van der Waals surface area contributed by atoms with Crippen LogP contribution in [0.4, 0.5) is 0 Å². The zero-order chi connectivity index (χ0) is 17.5. The highest BCUT2D eigenvalue weighted by molar-refractivity contribution is 5.81. The number of rotatable bonds is 1. The number of fused-ring (bicyclic) bond motifs is 8. The fraction of sp³-hybridized carbons (Fsp3) is 0. The van der Waals surface area contributed by atoms with Gasteiger partial charge in [-0.1, -0.05) is 12.7 Å². The van der Waals surface area contributed by atoms with Gasteiger partial charge in [-0.15, -0.1) is 0 Å². The summed E-state index contributed by atoms with van der Waals surface area (Å²) in [7, 11) is 0. The first kappa shape index (κ1) is 14.7. The molecule has 2 aliphatic heterocycles. The normalized spacial score (nSPS) is 12.5. The van der Waals surface area contributed by atoms with E-state index in [9.17, 15) is 0 Å². The minimum absolute atomic E-state index is 0.897. The van der Waals surface area contributed by atoms with Gasteiger partial charge in [0.25, 0.3) is 0 Å². The first-order chi connectivity index (χ1) is 12.7. The molecule has 2 aliphatic rings. The molecule has 0 unspecified atom stereocenters. The van der Waals surface area contributed by atoms with Gasteiger partial charge >= 0.3 is 0 Å². The maximum absolute atomic E-state index is 4.66. The van der Waals surface area contributed by atoms with E-state index in [1.165, 1.54) is 0 Å². The Morgan fingerprint density at radius 1 is 0.654 bits per heavy atom. The highest BCUT2D eigenvalue weighted by Gasteiger charge is 2.03. The van der Waals surface area contributed by atoms with Crippen molar-refractivity contribution < 1.29 is 0 Å². The minimum atomic E-state index is 0.897. The van der Waals surface area contributed by atoms with Crippen LogP contribution in [0.3, 0.4) is 0 Å². The molecule has 8 bridgehead atoms. The van der Waals surface area contributed by atoms with Crippen molar-refractivity contribution in [3.63, 3.8) is 0 Å². The van der Waals surface area contributed by atoms with Gasteiger partial charge in [0, 0.05) is 22.1 Å². The number of hydrogen-bond donors (Lipinski definition) is 2. The van der Waals surface area contributed by atoms with Crippen molar-refractivity contribution in [1.82, 2.24) is 19.9 Å². The average molecular weight is 336 g/mol. The van der Waals surface area contributed by atoms with E-state index in [2.05, 4.69) is 50.8 Å². The molecule has 0 spiro atoms. The highest BCUT2D eigenvalue weighted by Crippen LogP contribution is 2.19. The molecule has 0 aliphatic carbocycles. The molecule has 0 atom stereocenters. The lowest BCUT2D eigenvalue weighted by Crippen LogP contribution is -1.77. The number of nitrogens with one attached hydrogen (secondary N) is 2. The summed E-state index contributed by atoms with van der Waals surface area (Å²) in [4.78, 5) is 16.1. The van der Waals surface area contributed by atoms with Crippen molar-refractivity contribution in [2.45, 2.75) is 0 Å². The molecule has 0 saturated heterocycles. The molecule has 5 heterocycles. The van der Waals surface area contributed by atoms with Gasteiger partial charge < -0.3 is 9.97 Å². The summed E-state index contributed by atoms with van der Waals surface area (Å²) < 4.78 is 0. The Morgan fingerprint density at radius 3 is 1.96 bits per heavy atom. The molecule has 26 heavy (non-hydrogen) atoms. The van der Waals surface area contributed by atoms with Crippen LogP contribution in [0.5, 0.6) is 0 Å². The molecule has 0 saturated carbocycles. The van der Waals surface area contributed by atoms with E-state index < -0.39 is 0 Å². The summed E-state index contributed by atoms with van der Waals surface area (Å²) in [5.74, 6) is 0. The average Bonchev–Trinajstić information content (AvgIpc) is 3.39. The van der Waals surface area contributed by atoms with Crippen molar-refractivity contribution >= 4 is 52.4 Å². The zero-order valence-corrected chi connectivity index (χ0v) is 14.0. The van der Waals surface area contributed by atoms with Gasteiger partial charge in [-0.2, -0.15) is 0 Å². The molecular weight excluding hydrogens is 320 g/mol. The standard InChI is InChI=1S/C22H16N4/c1-2-14-9-21-12-19-6-5-17(24-19)10-15-3-4-16(23-15)11-18-7-8-20(25-18)13-22(14)26-21/h2-13,24,26H,1H2. The van der Waals surface area contributed by atoms with E-state index in [-0.39, 0.29) is 0 Å². The van der Waals surface area contributed by atoms with Crippen LogP contribution in [0.15, 0.2) is 49.0 Å². The summed E-state index contributed by atoms with van der Waals surface area (Å²) in [6, 6.07) is 14.3. The van der Waals surface area contributed by atoms with Crippen LogP contribution < -0.4 is 0 Å². The van der Waals surface area contributed by atoms with Crippen molar-refractivity contribution in [2.24, 2.45) is 0 Å². The third-order valence-corrected chi connectivity index (χ3v) is 4.42. The van der Waals surface area contributed by atoms with E-state index in [1.54, 1.807) is 0 Å². The van der Waals surface area contributed by atoms with Gasteiger partial charge in [0.05, 0.1) is 22.8 Å². The van der Waals surface area contributed by atoms with Crippen molar-refractivity contribution in [3.05, 3.63) is 77.4 Å². The quantitative estimate of drug-likeness (QED) is 0.436. The molecule has 5 rings (SSSR count). The Hall–Kier alpha value is -3.66. The Balaban J connectivity index is 1.88. The summed E-state index contributed by atoms with van der Waals surface area (Å²) in [5.41, 5.74) is 8.73. The predicted molar refractivity (Wildman–Crippen MR) is 109 cm³/mol. The lowest BCUT2D eigenvalue weighted by Gasteiger charge is -1.87. The zero-order valence-electron chi connectivity index (χ0n) is 14.0. The summed E-state index contributed by atoms with van der Waals surface area (Å²) in [5, 5.41) is 0. The molecular formula is C22H16N4. The van der Waals surface area contributed by atoms with Crippen molar-refractivity contribution in [2.75, 3.05) is 0 Å². The number of hydrogen-bond acceptors (Lipinski definition) is 2. The Morgan fingerprint density at radius 2 is 1.27 bits per heavy atom. The third-order valence-electron chi connectivity index (χ3n) is 4.42. The summed E-state index contributed by atoms with van der Waals surface area (Å²) >= 11 is 0. The second-order valence-electron chi connectivity index (χ2n) is 6.33. The summed E-state index contributed by atoms with van der Waals surface area (Å²) in [6.07, 6.45) is 9.88. The molecule has 4 heteroatoms. The second-order valence-corrected chi connectivity index (χ2v) is 6.33. The predicted octanol–water partition coefficient (Wildman–Crippen LogP) is 5.30. The maximum Gasteiger partial charge on any atom is 0.0659 e. The second kappa shape index (κ2) is 5.70. The van der Waals surface area contributed by atoms with Gasteiger partial charge in [-0.3, -0.25) is 0 Å². The Labute approximate surface area is 150 Å². The Bertz CT molecular complexity index is 1250. The van der Waals surface area contributed by atoms with Crippen LogP contribution in [0.1, 0.15) is 28.3 Å². The van der Waals surface area contributed by atoms with Crippen LogP contribution in [-0.4, -0.2) is 19.9 Å². The maximum atomic E-state index is 4.66. The number of aromatic nitrogens is 4. The minimum Gasteiger partial charge on any atom is -0.355 e. The lowest BCUT2D eigenvalue weighted by atomic mass is 10.2. The smallest absolute Gasteiger partial charge is 0.0659 e. The van der Waals surface area contributed by atoms with Crippen molar-refractivity contribution in [3.8, 4) is 0 Å². The first-order valence-electron chi connectivity index (χ1n) is 8.46. The topological polar surface area (TPSA) is 57.4 Å². The molecule has 0 amide bonds. The van der Waals surface area contributed by atoms with E-state index in [0.717, 1.165) is 50.4 Å². The number of H-pyrrole nitrogens is 2. The van der Waals surface area contributed by atoms with Crippen molar-refractivity contribution in [1.29, 1.82) is 0 Å². The summed E-state index contributed by atoms with van der Waals surface area (Å²) in [6.45, 7) is 3.92. The molecule has 3 aromatic heterocycles. The molecule has 0 aromatic carbocycles. The molecule has 2 N–H and O–H groups in total. The molecule has 3 aromatic rings. The SMILES string of the molecule is C=Cc1cc2cc3ccc(cc4nc(cc5nc(cc1[nH]2)C=C5)C=C4)[nH]3. The van der Waals surface area contributed by atoms with E-state index in [4.69, 9.17) is 0 Å². The van der Waals surface area contributed by atoms with Crippen LogP contribution in [0.25, 0.3) is 52.4 Å². The van der Waals surface area contributed by atoms with Crippen LogP contribution in [0.2, 0.25) is 0 Å². The highest BCUT2D eigenvalue weighted by atomic mass is 14.8. The largest absolute Gasteiger partial charge is 0.355 e. The monoisotopic (exact) mass is 336 g/mol. The number of aromatic amines is 2. The molecule has 0 radical (unpaired) electrons.